The number of aromatic nitrogens is 2. The lowest BCUT2D eigenvalue weighted by molar-refractivity contribution is -0.115. The van der Waals surface area contributed by atoms with Crippen molar-refractivity contribution in [2.24, 2.45) is 0 Å². The van der Waals surface area contributed by atoms with E-state index >= 15 is 0 Å². The lowest BCUT2D eigenvalue weighted by Crippen LogP contribution is -2.15. The number of halogens is 1. The Morgan fingerprint density at radius 3 is 2.17 bits per heavy atom. The molecule has 0 bridgehead atoms. The van der Waals surface area contributed by atoms with Gasteiger partial charge in [-0.1, -0.05) is 11.6 Å². The molecule has 158 valence electrons. The summed E-state index contributed by atoms with van der Waals surface area (Å²) >= 11 is 5.98. The largest absolute Gasteiger partial charge is 0.493 e. The molecule has 2 aromatic carbocycles. The van der Waals surface area contributed by atoms with Crippen LogP contribution in [0.1, 0.15) is 17.0 Å². The summed E-state index contributed by atoms with van der Waals surface area (Å²) in [6.07, 6.45) is 0.182. The molecule has 1 heterocycles. The summed E-state index contributed by atoms with van der Waals surface area (Å²) in [6.45, 7) is 3.83. The topological polar surface area (TPSA) is 74.6 Å². The minimum absolute atomic E-state index is 0.175. The third-order valence-corrected chi connectivity index (χ3v) is 5.05. The fourth-order valence-electron chi connectivity index (χ4n) is 3.28. The number of hydrogen-bond donors (Lipinski definition) is 1. The van der Waals surface area contributed by atoms with E-state index in [9.17, 15) is 4.79 Å². The Kier molecular flexibility index (Phi) is 6.52. The quantitative estimate of drug-likeness (QED) is 0.604. The van der Waals surface area contributed by atoms with Crippen molar-refractivity contribution in [2.75, 3.05) is 26.6 Å². The van der Waals surface area contributed by atoms with E-state index in [2.05, 4.69) is 10.4 Å². The summed E-state index contributed by atoms with van der Waals surface area (Å²) in [5.74, 6) is 1.23. The van der Waals surface area contributed by atoms with Gasteiger partial charge >= 0.3 is 0 Å². The molecule has 1 N–H and O–H groups in total. The van der Waals surface area contributed by atoms with Gasteiger partial charge in [-0.25, -0.2) is 4.68 Å². The van der Waals surface area contributed by atoms with Crippen molar-refractivity contribution in [1.29, 1.82) is 0 Å². The van der Waals surface area contributed by atoms with Crippen LogP contribution in [0.15, 0.2) is 36.4 Å². The number of rotatable bonds is 7. The van der Waals surface area contributed by atoms with Gasteiger partial charge in [-0.15, -0.1) is 0 Å². The van der Waals surface area contributed by atoms with E-state index in [0.29, 0.717) is 28.0 Å². The monoisotopic (exact) mass is 429 g/mol. The minimum Gasteiger partial charge on any atom is -0.493 e. The van der Waals surface area contributed by atoms with Crippen LogP contribution in [0.4, 0.5) is 5.69 Å². The zero-order chi connectivity index (χ0) is 21.8. The van der Waals surface area contributed by atoms with Crippen molar-refractivity contribution < 1.29 is 19.0 Å². The summed E-state index contributed by atoms with van der Waals surface area (Å²) in [6, 6.07) is 10.8. The Morgan fingerprint density at radius 1 is 1.03 bits per heavy atom. The maximum atomic E-state index is 12.8. The highest BCUT2D eigenvalue weighted by atomic mass is 35.5. The lowest BCUT2D eigenvalue weighted by atomic mass is 10.1. The molecule has 0 atom stereocenters. The van der Waals surface area contributed by atoms with Crippen LogP contribution in [-0.4, -0.2) is 37.0 Å². The summed E-state index contributed by atoms with van der Waals surface area (Å²) in [5.41, 5.74) is 4.00. The van der Waals surface area contributed by atoms with E-state index in [-0.39, 0.29) is 12.3 Å². The number of benzene rings is 2. The molecule has 8 heteroatoms. The number of amides is 1. The summed E-state index contributed by atoms with van der Waals surface area (Å²) in [5, 5.41) is 8.14. The van der Waals surface area contributed by atoms with Gasteiger partial charge in [-0.3, -0.25) is 4.79 Å². The number of nitrogens with one attached hydrogen (secondary N) is 1. The van der Waals surface area contributed by atoms with Crippen molar-refractivity contribution >= 4 is 23.2 Å². The Morgan fingerprint density at radius 2 is 1.63 bits per heavy atom. The van der Waals surface area contributed by atoms with Gasteiger partial charge in [0.25, 0.3) is 0 Å². The van der Waals surface area contributed by atoms with Crippen molar-refractivity contribution in [3.63, 3.8) is 0 Å². The molecule has 0 aliphatic heterocycles. The zero-order valence-electron chi connectivity index (χ0n) is 17.6. The second-order valence-electron chi connectivity index (χ2n) is 6.68. The number of hydrogen-bond acceptors (Lipinski definition) is 5. The fourth-order valence-corrected chi connectivity index (χ4v) is 3.41. The number of carbonyl (C=O) groups excluding carboxylic acids is 1. The molecular formula is C22H24ClN3O4. The van der Waals surface area contributed by atoms with E-state index in [0.717, 1.165) is 22.6 Å². The molecule has 0 saturated carbocycles. The van der Waals surface area contributed by atoms with E-state index in [1.54, 1.807) is 12.1 Å². The van der Waals surface area contributed by atoms with Crippen LogP contribution in [0.2, 0.25) is 5.02 Å². The summed E-state index contributed by atoms with van der Waals surface area (Å²) in [7, 11) is 4.59. The third kappa shape index (κ3) is 4.36. The minimum atomic E-state index is -0.175. The van der Waals surface area contributed by atoms with Gasteiger partial charge in [0.1, 0.15) is 0 Å². The van der Waals surface area contributed by atoms with Crippen LogP contribution in [0.5, 0.6) is 17.2 Å². The Bertz CT molecular complexity index is 1040. The maximum Gasteiger partial charge on any atom is 0.228 e. The number of ether oxygens (including phenoxy) is 3. The number of carbonyl (C=O) groups is 1. The van der Waals surface area contributed by atoms with Crippen LogP contribution in [0.25, 0.3) is 5.69 Å². The molecule has 1 amide bonds. The van der Waals surface area contributed by atoms with Crippen LogP contribution >= 0.6 is 11.6 Å². The van der Waals surface area contributed by atoms with Crippen LogP contribution in [-0.2, 0) is 11.2 Å². The molecule has 0 unspecified atom stereocenters. The molecule has 3 rings (SSSR count). The first-order chi connectivity index (χ1) is 14.4. The first-order valence-electron chi connectivity index (χ1n) is 9.28. The molecule has 0 aliphatic carbocycles. The molecule has 0 radical (unpaired) electrons. The number of anilines is 1. The first kappa shape index (κ1) is 21.5. The van der Waals surface area contributed by atoms with Crippen LogP contribution in [0.3, 0.4) is 0 Å². The Hall–Kier alpha value is -3.19. The number of aryl methyl sites for hydroxylation is 1. The molecule has 30 heavy (non-hydrogen) atoms. The third-order valence-electron chi connectivity index (χ3n) is 4.80. The van der Waals surface area contributed by atoms with Gasteiger partial charge in [0.15, 0.2) is 11.5 Å². The van der Waals surface area contributed by atoms with Gasteiger partial charge in [0, 0.05) is 34.1 Å². The summed E-state index contributed by atoms with van der Waals surface area (Å²) < 4.78 is 17.8. The molecule has 0 fully saturated rings. The summed E-state index contributed by atoms with van der Waals surface area (Å²) in [4.78, 5) is 12.8. The molecule has 0 aliphatic rings. The van der Waals surface area contributed by atoms with E-state index < -0.39 is 0 Å². The smallest absolute Gasteiger partial charge is 0.228 e. The van der Waals surface area contributed by atoms with Crippen molar-refractivity contribution in [1.82, 2.24) is 9.78 Å². The standard InChI is InChI=1S/C22H24ClN3O4/c1-13-18(14(2)26(25-13)17-8-6-15(23)7-9-17)12-21(27)24-16-10-19(28-3)22(30-5)20(11-16)29-4/h6-11H,12H2,1-5H3,(H,24,27). The van der Waals surface area contributed by atoms with Crippen LogP contribution < -0.4 is 19.5 Å². The molecular weight excluding hydrogens is 406 g/mol. The Balaban J connectivity index is 1.83. The second kappa shape index (κ2) is 9.09. The first-order valence-corrected chi connectivity index (χ1v) is 9.66. The van der Waals surface area contributed by atoms with Crippen LogP contribution in [0, 0.1) is 13.8 Å². The fraction of sp³-hybridized carbons (Fsp3) is 0.273. The second-order valence-corrected chi connectivity index (χ2v) is 7.11. The van der Waals surface area contributed by atoms with E-state index in [1.807, 2.05) is 42.8 Å². The molecule has 0 saturated heterocycles. The average molecular weight is 430 g/mol. The van der Waals surface area contributed by atoms with Gasteiger partial charge < -0.3 is 19.5 Å². The van der Waals surface area contributed by atoms with Crippen molar-refractivity contribution in [2.45, 2.75) is 20.3 Å². The van der Waals surface area contributed by atoms with Gasteiger partial charge in [-0.2, -0.15) is 5.10 Å². The van der Waals surface area contributed by atoms with E-state index in [4.69, 9.17) is 25.8 Å². The normalized spacial score (nSPS) is 10.6. The maximum absolute atomic E-state index is 12.8. The van der Waals surface area contributed by atoms with E-state index in [1.165, 1.54) is 21.3 Å². The van der Waals surface area contributed by atoms with Crippen molar-refractivity contribution in [3.05, 3.63) is 58.4 Å². The predicted molar refractivity (Wildman–Crippen MR) is 116 cm³/mol. The van der Waals surface area contributed by atoms with Gasteiger partial charge in [0.05, 0.1) is 39.1 Å². The predicted octanol–water partition coefficient (Wildman–Crippen LogP) is 4.35. The highest BCUT2D eigenvalue weighted by Crippen LogP contribution is 2.40. The SMILES string of the molecule is COc1cc(NC(=O)Cc2c(C)nn(-c3ccc(Cl)cc3)c2C)cc(OC)c1OC. The van der Waals surface area contributed by atoms with Gasteiger partial charge in [0.2, 0.25) is 11.7 Å². The highest BCUT2D eigenvalue weighted by molar-refractivity contribution is 6.30. The lowest BCUT2D eigenvalue weighted by Gasteiger charge is -2.14. The Labute approximate surface area is 180 Å². The van der Waals surface area contributed by atoms with Gasteiger partial charge in [-0.05, 0) is 38.1 Å². The molecule has 7 nitrogen and oxygen atoms in total. The molecule has 3 aromatic rings. The molecule has 0 spiro atoms. The average Bonchev–Trinajstić information content (AvgIpc) is 3.01. The number of nitrogens with zero attached hydrogens (tertiary/aromatic N) is 2. The molecule has 1 aromatic heterocycles. The van der Waals surface area contributed by atoms with Crippen molar-refractivity contribution in [3.8, 4) is 22.9 Å². The highest BCUT2D eigenvalue weighted by Gasteiger charge is 2.18. The zero-order valence-corrected chi connectivity index (χ0v) is 18.3. The number of methoxy groups -OCH3 is 3.